The second-order valence-electron chi connectivity index (χ2n) is 9.57. The van der Waals surface area contributed by atoms with Crippen molar-refractivity contribution in [3.8, 4) is 0 Å². The van der Waals surface area contributed by atoms with E-state index in [4.69, 9.17) is 4.43 Å². The normalized spacial score (nSPS) is 13.6. The highest BCUT2D eigenvalue weighted by Gasteiger charge is 2.50. The van der Waals surface area contributed by atoms with E-state index in [0.717, 1.165) is 0 Å². The molecule has 4 heteroatoms. The molecule has 0 fully saturated rings. The summed E-state index contributed by atoms with van der Waals surface area (Å²) in [5.41, 5.74) is -0.455. The van der Waals surface area contributed by atoms with Crippen LogP contribution >= 0.6 is 0 Å². The summed E-state index contributed by atoms with van der Waals surface area (Å²) >= 11 is 0. The van der Waals surface area contributed by atoms with Crippen LogP contribution < -0.4 is 10.4 Å². The van der Waals surface area contributed by atoms with E-state index in [2.05, 4.69) is 75.9 Å². The summed E-state index contributed by atoms with van der Waals surface area (Å²) in [5.74, 6) is -1.25. The van der Waals surface area contributed by atoms with Crippen molar-refractivity contribution < 1.29 is 14.3 Å². The lowest BCUT2D eigenvalue weighted by molar-refractivity contribution is -0.145. The highest BCUT2D eigenvalue weighted by Crippen LogP contribution is 2.37. The van der Waals surface area contributed by atoms with Crippen LogP contribution in [0.15, 0.2) is 73.3 Å². The molecule has 0 aromatic heterocycles. The summed E-state index contributed by atoms with van der Waals surface area (Å²) in [7, 11) is -2.57. The molecule has 0 amide bonds. The van der Waals surface area contributed by atoms with Gasteiger partial charge >= 0.3 is 5.97 Å². The fraction of sp³-hybridized carbons (Fsp3) is 0.423. The molecule has 3 nitrogen and oxygen atoms in total. The zero-order chi connectivity index (χ0) is 22.4. The van der Waals surface area contributed by atoms with Crippen LogP contribution in [0.2, 0.25) is 5.04 Å². The summed E-state index contributed by atoms with van der Waals surface area (Å²) in [4.78, 5) is 11.8. The van der Waals surface area contributed by atoms with Crippen LogP contribution in [-0.2, 0) is 9.22 Å². The van der Waals surface area contributed by atoms with Gasteiger partial charge in [-0.05, 0) is 33.7 Å². The van der Waals surface area contributed by atoms with E-state index in [1.54, 1.807) is 6.08 Å². The first-order valence-electron chi connectivity index (χ1n) is 10.7. The molecule has 30 heavy (non-hydrogen) atoms. The predicted molar refractivity (Wildman–Crippen MR) is 128 cm³/mol. The van der Waals surface area contributed by atoms with Gasteiger partial charge in [-0.3, -0.25) is 4.79 Å². The molecular formula is C26H36O3Si. The first-order valence-corrected chi connectivity index (χ1v) is 12.6. The van der Waals surface area contributed by atoms with E-state index < -0.39 is 25.6 Å². The van der Waals surface area contributed by atoms with E-state index in [9.17, 15) is 9.90 Å². The van der Waals surface area contributed by atoms with Gasteiger partial charge in [-0.25, -0.2) is 0 Å². The quantitative estimate of drug-likeness (QED) is 0.322. The molecule has 0 saturated carbocycles. The molecule has 0 saturated heterocycles. The SMILES string of the molecule is C=CC(C)(C)[C@H](CCCO[Si](c1ccccc1)(c1ccccc1)C(C)(C)C)C(=O)O. The minimum Gasteiger partial charge on any atom is -0.481 e. The third kappa shape index (κ3) is 5.11. The Morgan fingerprint density at radius 2 is 1.47 bits per heavy atom. The minimum absolute atomic E-state index is 0.0811. The topological polar surface area (TPSA) is 46.5 Å². The second-order valence-corrected chi connectivity index (χ2v) is 13.9. The highest BCUT2D eigenvalue weighted by atomic mass is 28.4. The lowest BCUT2D eigenvalue weighted by Gasteiger charge is -2.43. The fourth-order valence-corrected chi connectivity index (χ4v) is 8.84. The van der Waals surface area contributed by atoms with Crippen molar-refractivity contribution in [2.75, 3.05) is 6.61 Å². The Bertz CT molecular complexity index is 783. The Morgan fingerprint density at radius 3 is 1.83 bits per heavy atom. The number of hydrogen-bond donors (Lipinski definition) is 1. The second kappa shape index (κ2) is 9.76. The van der Waals surface area contributed by atoms with Gasteiger partial charge in [0.1, 0.15) is 0 Å². The van der Waals surface area contributed by atoms with Gasteiger partial charge < -0.3 is 9.53 Å². The van der Waals surface area contributed by atoms with E-state index in [-0.39, 0.29) is 5.04 Å². The average Bonchev–Trinajstić information content (AvgIpc) is 2.70. The van der Waals surface area contributed by atoms with Gasteiger partial charge in [0.15, 0.2) is 0 Å². The van der Waals surface area contributed by atoms with Crippen LogP contribution in [0.1, 0.15) is 47.5 Å². The van der Waals surface area contributed by atoms with Crippen molar-refractivity contribution in [2.45, 2.75) is 52.5 Å². The molecule has 0 bridgehead atoms. The van der Waals surface area contributed by atoms with E-state index >= 15 is 0 Å². The number of rotatable bonds is 10. The molecule has 1 N–H and O–H groups in total. The summed E-state index contributed by atoms with van der Waals surface area (Å²) < 4.78 is 6.86. The summed E-state index contributed by atoms with van der Waals surface area (Å²) in [6.45, 7) is 15.0. The Balaban J connectivity index is 2.33. The van der Waals surface area contributed by atoms with Crippen molar-refractivity contribution in [2.24, 2.45) is 11.3 Å². The van der Waals surface area contributed by atoms with Gasteiger partial charge in [-0.15, -0.1) is 6.58 Å². The van der Waals surface area contributed by atoms with Gasteiger partial charge in [-0.2, -0.15) is 0 Å². The maximum atomic E-state index is 11.8. The standard InChI is InChI=1S/C26H36O3Si/c1-7-26(5,6)23(24(27)28)19-14-20-29-30(25(2,3)4,21-15-10-8-11-16-21)22-17-12-9-13-18-22/h7-13,15-18,23H,1,14,19-20H2,2-6H3,(H,27,28)/t23-/m1/s1. The zero-order valence-corrected chi connectivity index (χ0v) is 20.0. The smallest absolute Gasteiger partial charge is 0.307 e. The molecule has 0 radical (unpaired) electrons. The van der Waals surface area contributed by atoms with Crippen LogP contribution in [0.5, 0.6) is 0 Å². The fourth-order valence-electron chi connectivity index (χ4n) is 4.23. The third-order valence-electron chi connectivity index (χ3n) is 6.09. The summed E-state index contributed by atoms with van der Waals surface area (Å²) in [5, 5.41) is 12.1. The molecule has 0 spiro atoms. The van der Waals surface area contributed by atoms with Crippen LogP contribution in [-0.4, -0.2) is 26.0 Å². The van der Waals surface area contributed by atoms with Crippen molar-refractivity contribution in [3.05, 3.63) is 73.3 Å². The number of carbonyl (C=O) groups is 1. The number of aliphatic carboxylic acids is 1. The third-order valence-corrected chi connectivity index (χ3v) is 11.1. The largest absolute Gasteiger partial charge is 0.481 e. The molecule has 0 aliphatic carbocycles. The molecule has 2 aromatic carbocycles. The Hall–Kier alpha value is -2.17. The van der Waals surface area contributed by atoms with Crippen molar-refractivity contribution in [1.82, 2.24) is 0 Å². The first kappa shape index (κ1) is 24.1. The van der Waals surface area contributed by atoms with E-state index in [1.165, 1.54) is 10.4 Å². The highest BCUT2D eigenvalue weighted by molar-refractivity contribution is 6.99. The van der Waals surface area contributed by atoms with Crippen LogP contribution in [0.3, 0.4) is 0 Å². The minimum atomic E-state index is -2.57. The Kier molecular flexibility index (Phi) is 7.84. The number of carboxylic acids is 1. The monoisotopic (exact) mass is 424 g/mol. The number of allylic oxidation sites excluding steroid dienone is 1. The molecule has 0 unspecified atom stereocenters. The van der Waals surface area contributed by atoms with Crippen LogP contribution in [0.25, 0.3) is 0 Å². The molecule has 1 atom stereocenters. The number of hydrogen-bond acceptors (Lipinski definition) is 2. The van der Waals surface area contributed by atoms with Crippen LogP contribution in [0.4, 0.5) is 0 Å². The van der Waals surface area contributed by atoms with E-state index in [1.807, 2.05) is 26.0 Å². The lowest BCUT2D eigenvalue weighted by atomic mass is 9.76. The van der Waals surface area contributed by atoms with Crippen LogP contribution in [0, 0.1) is 11.3 Å². The molecule has 0 aliphatic heterocycles. The lowest BCUT2D eigenvalue weighted by Crippen LogP contribution is -2.66. The molecular weight excluding hydrogens is 388 g/mol. The number of carboxylic acid groups (broad SMARTS) is 1. The molecule has 2 aromatic rings. The molecule has 162 valence electrons. The first-order chi connectivity index (χ1) is 14.1. The van der Waals surface area contributed by atoms with Crippen molar-refractivity contribution in [1.29, 1.82) is 0 Å². The van der Waals surface area contributed by atoms with Crippen molar-refractivity contribution in [3.63, 3.8) is 0 Å². The maximum Gasteiger partial charge on any atom is 0.307 e. The van der Waals surface area contributed by atoms with Gasteiger partial charge in [0.25, 0.3) is 8.32 Å². The Labute approximate surface area is 182 Å². The molecule has 0 heterocycles. The maximum absolute atomic E-state index is 11.8. The van der Waals surface area contributed by atoms with Gasteiger partial charge in [0.2, 0.25) is 0 Å². The van der Waals surface area contributed by atoms with Crippen molar-refractivity contribution >= 4 is 24.7 Å². The zero-order valence-electron chi connectivity index (χ0n) is 19.0. The summed E-state index contributed by atoms with van der Waals surface area (Å²) in [6.07, 6.45) is 3.00. The molecule has 2 rings (SSSR count). The average molecular weight is 425 g/mol. The van der Waals surface area contributed by atoms with Gasteiger partial charge in [0, 0.05) is 6.61 Å². The molecule has 0 aliphatic rings. The Morgan fingerprint density at radius 1 is 1.00 bits per heavy atom. The van der Waals surface area contributed by atoms with E-state index in [0.29, 0.717) is 19.4 Å². The van der Waals surface area contributed by atoms with Gasteiger partial charge in [-0.1, -0.05) is 101 Å². The summed E-state index contributed by atoms with van der Waals surface area (Å²) in [6, 6.07) is 21.0. The van der Waals surface area contributed by atoms with Gasteiger partial charge in [0.05, 0.1) is 5.92 Å². The number of benzene rings is 2. The predicted octanol–water partition coefficient (Wildman–Crippen LogP) is 5.26.